The molecule has 4 N–H and O–H groups in total. The molecule has 0 bridgehead atoms. The Morgan fingerprint density at radius 3 is 2.37 bits per heavy atom. The number of para-hydroxylation sites is 1. The van der Waals surface area contributed by atoms with Crippen LogP contribution in [0.25, 0.3) is 16.9 Å². The monoisotopic (exact) mass is 520 g/mol. The first-order valence-electron chi connectivity index (χ1n) is 12.1. The predicted octanol–water partition coefficient (Wildman–Crippen LogP) is 4.99. The SMILES string of the molecule is CC1(C)C[C@@H](O)Cc2cc(F)c(F)cc21.Cc1ncc(-c2nn(-c3ccccc3)c(NC(N)=O)c2C)cn1. The van der Waals surface area contributed by atoms with Gasteiger partial charge in [-0.3, -0.25) is 5.32 Å². The Labute approximate surface area is 219 Å². The number of primary amides is 1. The number of aromatic nitrogens is 4. The van der Waals surface area contributed by atoms with Crippen LogP contribution in [-0.2, 0) is 11.8 Å². The highest BCUT2D eigenvalue weighted by atomic mass is 19.2. The predicted molar refractivity (Wildman–Crippen MR) is 141 cm³/mol. The molecule has 0 aliphatic heterocycles. The van der Waals surface area contributed by atoms with Crippen molar-refractivity contribution in [2.75, 3.05) is 5.32 Å². The minimum absolute atomic E-state index is 0.290. The molecule has 1 atom stereocenters. The van der Waals surface area contributed by atoms with Crippen LogP contribution < -0.4 is 11.1 Å². The average Bonchev–Trinajstić information content (AvgIpc) is 3.17. The molecule has 0 saturated heterocycles. The van der Waals surface area contributed by atoms with Gasteiger partial charge in [-0.1, -0.05) is 32.0 Å². The number of hydrogen-bond donors (Lipinski definition) is 3. The normalized spacial score (nSPS) is 15.7. The van der Waals surface area contributed by atoms with Gasteiger partial charge < -0.3 is 10.8 Å². The fraction of sp³-hybridized carbons (Fsp3) is 0.286. The lowest BCUT2D eigenvalue weighted by Crippen LogP contribution is -2.33. The highest BCUT2D eigenvalue weighted by molar-refractivity contribution is 5.89. The van der Waals surface area contributed by atoms with E-state index in [0.29, 0.717) is 30.2 Å². The number of nitrogens with zero attached hydrogens (tertiary/aromatic N) is 4. The van der Waals surface area contributed by atoms with Crippen LogP contribution in [0.4, 0.5) is 19.4 Å². The summed E-state index contributed by atoms with van der Waals surface area (Å²) in [4.78, 5) is 19.7. The molecular weight excluding hydrogens is 490 g/mol. The van der Waals surface area contributed by atoms with Crippen molar-refractivity contribution >= 4 is 11.8 Å². The van der Waals surface area contributed by atoms with Crippen LogP contribution in [0, 0.1) is 25.5 Å². The lowest BCUT2D eigenvalue weighted by molar-refractivity contribution is 0.127. The van der Waals surface area contributed by atoms with Gasteiger partial charge in [0, 0.05) is 23.5 Å². The highest BCUT2D eigenvalue weighted by Crippen LogP contribution is 2.37. The van der Waals surface area contributed by atoms with E-state index in [1.54, 1.807) is 17.1 Å². The number of hydrogen-bond acceptors (Lipinski definition) is 5. The Balaban J connectivity index is 0.000000194. The Morgan fingerprint density at radius 1 is 1.11 bits per heavy atom. The first-order valence-corrected chi connectivity index (χ1v) is 12.1. The van der Waals surface area contributed by atoms with Gasteiger partial charge in [-0.15, -0.1) is 0 Å². The number of nitrogens with one attached hydrogen (secondary N) is 1. The van der Waals surface area contributed by atoms with Crippen LogP contribution in [0.5, 0.6) is 0 Å². The maximum absolute atomic E-state index is 13.1. The standard InChI is InChI=1S/C16H16N6O.C12H14F2O/c1-10-14(12-8-18-11(2)19-9-12)21-22(15(10)20-16(17)23)13-6-4-3-5-7-13;1-12(2)6-8(15)3-7-4-10(13)11(14)5-9(7)12/h3-9H,1-2H3,(H3,17,20,23);4-5,8,15H,3,6H2,1-2H3/t;8-/m.0/s1. The molecule has 0 fully saturated rings. The number of carbonyl (C=O) groups excluding carboxylic acids is 1. The maximum Gasteiger partial charge on any atom is 0.317 e. The van der Waals surface area contributed by atoms with E-state index in [9.17, 15) is 18.7 Å². The molecule has 2 aromatic heterocycles. The first-order chi connectivity index (χ1) is 18.0. The van der Waals surface area contributed by atoms with E-state index in [-0.39, 0.29) is 5.41 Å². The number of urea groups is 1. The number of aryl methyl sites for hydroxylation is 1. The van der Waals surface area contributed by atoms with Crippen molar-refractivity contribution in [2.45, 2.75) is 52.1 Å². The van der Waals surface area contributed by atoms with Crippen LogP contribution in [0.15, 0.2) is 54.9 Å². The van der Waals surface area contributed by atoms with Crippen molar-refractivity contribution in [3.05, 3.63) is 89.0 Å². The minimum Gasteiger partial charge on any atom is -0.393 e. The number of aliphatic hydroxyl groups excluding tert-OH is 1. The van der Waals surface area contributed by atoms with Crippen LogP contribution in [-0.4, -0.2) is 37.0 Å². The molecule has 0 spiro atoms. The number of halogens is 2. The molecule has 1 aliphatic carbocycles. The van der Waals surface area contributed by atoms with Crippen molar-refractivity contribution in [1.29, 1.82) is 0 Å². The van der Waals surface area contributed by atoms with Gasteiger partial charge in [0.15, 0.2) is 11.6 Å². The van der Waals surface area contributed by atoms with Crippen molar-refractivity contribution in [3.63, 3.8) is 0 Å². The summed E-state index contributed by atoms with van der Waals surface area (Å²) >= 11 is 0. The Hall–Kier alpha value is -4.18. The lowest BCUT2D eigenvalue weighted by Gasteiger charge is -2.35. The Morgan fingerprint density at radius 2 is 1.74 bits per heavy atom. The number of nitrogens with two attached hydrogens (primary N) is 1. The molecule has 1 aliphatic rings. The van der Waals surface area contributed by atoms with E-state index in [1.165, 1.54) is 12.1 Å². The second-order valence-corrected chi connectivity index (χ2v) is 9.95. The van der Waals surface area contributed by atoms with E-state index in [4.69, 9.17) is 5.73 Å². The summed E-state index contributed by atoms with van der Waals surface area (Å²) < 4.78 is 27.8. The van der Waals surface area contributed by atoms with Gasteiger partial charge in [0.05, 0.1) is 11.8 Å². The molecule has 2 amide bonds. The van der Waals surface area contributed by atoms with Gasteiger partial charge in [0.1, 0.15) is 17.3 Å². The van der Waals surface area contributed by atoms with Gasteiger partial charge in [-0.2, -0.15) is 5.10 Å². The fourth-order valence-corrected chi connectivity index (χ4v) is 4.72. The lowest BCUT2D eigenvalue weighted by atomic mass is 9.71. The number of fused-ring (bicyclic) bond motifs is 1. The fourth-order valence-electron chi connectivity index (χ4n) is 4.72. The van der Waals surface area contributed by atoms with Gasteiger partial charge in [0.25, 0.3) is 0 Å². The highest BCUT2D eigenvalue weighted by Gasteiger charge is 2.33. The maximum atomic E-state index is 13.1. The summed E-state index contributed by atoms with van der Waals surface area (Å²) in [6.07, 6.45) is 3.96. The van der Waals surface area contributed by atoms with Crippen molar-refractivity contribution < 1.29 is 18.7 Å². The summed E-state index contributed by atoms with van der Waals surface area (Å²) in [5, 5.41) is 16.9. The first kappa shape index (κ1) is 26.9. The van der Waals surface area contributed by atoms with Gasteiger partial charge in [0.2, 0.25) is 0 Å². The number of amides is 2. The molecule has 2 aromatic carbocycles. The number of benzene rings is 2. The molecule has 8 nitrogen and oxygen atoms in total. The van der Waals surface area contributed by atoms with E-state index >= 15 is 0 Å². The van der Waals surface area contributed by atoms with Gasteiger partial charge >= 0.3 is 6.03 Å². The Kier molecular flexibility index (Phi) is 7.54. The molecule has 0 radical (unpaired) electrons. The second-order valence-electron chi connectivity index (χ2n) is 9.95. The number of anilines is 1. The zero-order valence-electron chi connectivity index (χ0n) is 21.7. The topological polar surface area (TPSA) is 119 Å². The molecular formula is C28H30F2N6O2. The molecule has 0 saturated carbocycles. The molecule has 0 unspecified atom stereocenters. The molecule has 198 valence electrons. The largest absolute Gasteiger partial charge is 0.393 e. The summed E-state index contributed by atoms with van der Waals surface area (Å²) in [5.41, 5.74) is 9.61. The zero-order valence-corrected chi connectivity index (χ0v) is 21.7. The third-order valence-electron chi connectivity index (χ3n) is 6.50. The minimum atomic E-state index is -0.835. The van der Waals surface area contributed by atoms with Crippen LogP contribution in [0.3, 0.4) is 0 Å². The van der Waals surface area contributed by atoms with Crippen LogP contribution in [0.1, 0.15) is 42.8 Å². The van der Waals surface area contributed by atoms with Gasteiger partial charge in [-0.25, -0.2) is 28.2 Å². The summed E-state index contributed by atoms with van der Waals surface area (Å²) in [6, 6.07) is 11.3. The summed E-state index contributed by atoms with van der Waals surface area (Å²) in [7, 11) is 0. The molecule has 4 aromatic rings. The van der Waals surface area contributed by atoms with E-state index in [2.05, 4.69) is 20.4 Å². The number of carbonyl (C=O) groups is 1. The third kappa shape index (κ3) is 5.70. The molecule has 5 rings (SSSR count). The van der Waals surface area contributed by atoms with Crippen LogP contribution >= 0.6 is 0 Å². The van der Waals surface area contributed by atoms with Crippen molar-refractivity contribution in [3.8, 4) is 16.9 Å². The van der Waals surface area contributed by atoms with Crippen LogP contribution in [0.2, 0.25) is 0 Å². The Bertz CT molecular complexity index is 1450. The smallest absolute Gasteiger partial charge is 0.317 e. The quantitative estimate of drug-likeness (QED) is 0.352. The number of rotatable bonds is 3. The summed E-state index contributed by atoms with van der Waals surface area (Å²) in [6.45, 7) is 7.56. The average molecular weight is 521 g/mol. The van der Waals surface area contributed by atoms with Crippen molar-refractivity contribution in [1.82, 2.24) is 19.7 Å². The zero-order chi connectivity index (χ0) is 27.6. The number of aliphatic hydroxyl groups is 1. The molecule has 2 heterocycles. The van der Waals surface area contributed by atoms with E-state index in [1.807, 2.05) is 58.0 Å². The molecule has 10 heteroatoms. The van der Waals surface area contributed by atoms with Crippen molar-refractivity contribution in [2.24, 2.45) is 5.73 Å². The summed E-state index contributed by atoms with van der Waals surface area (Å²) in [5.74, 6) is -0.430. The molecule has 38 heavy (non-hydrogen) atoms. The van der Waals surface area contributed by atoms with E-state index < -0.39 is 23.8 Å². The second kappa shape index (κ2) is 10.7. The van der Waals surface area contributed by atoms with E-state index in [0.717, 1.165) is 27.9 Å². The third-order valence-corrected chi connectivity index (χ3v) is 6.50. The van der Waals surface area contributed by atoms with Gasteiger partial charge in [-0.05, 0) is 67.5 Å².